The second kappa shape index (κ2) is 6.41. The Kier molecular flexibility index (Phi) is 4.87. The molecular formula is C15H15BrOS. The number of hydrogen-bond donors (Lipinski definition) is 1. The zero-order valence-corrected chi connectivity index (χ0v) is 12.5. The van der Waals surface area contributed by atoms with E-state index in [2.05, 4.69) is 40.2 Å². The van der Waals surface area contributed by atoms with Crippen LogP contribution in [0.1, 0.15) is 25.0 Å². The molecule has 0 heterocycles. The van der Waals surface area contributed by atoms with Crippen molar-refractivity contribution in [1.82, 2.24) is 0 Å². The van der Waals surface area contributed by atoms with Gasteiger partial charge in [0.05, 0.1) is 6.10 Å². The van der Waals surface area contributed by atoms with Crippen LogP contribution in [0.4, 0.5) is 0 Å². The predicted molar refractivity (Wildman–Crippen MR) is 80.0 cm³/mol. The molecule has 0 radical (unpaired) electrons. The van der Waals surface area contributed by atoms with Crippen molar-refractivity contribution < 1.29 is 5.11 Å². The van der Waals surface area contributed by atoms with E-state index in [1.54, 1.807) is 11.8 Å². The molecule has 0 saturated carbocycles. The smallest absolute Gasteiger partial charge is 0.0787 e. The van der Waals surface area contributed by atoms with Gasteiger partial charge < -0.3 is 5.11 Å². The van der Waals surface area contributed by atoms with Crippen molar-refractivity contribution in [2.24, 2.45) is 0 Å². The van der Waals surface area contributed by atoms with Gasteiger partial charge in [-0.25, -0.2) is 0 Å². The van der Waals surface area contributed by atoms with Crippen molar-refractivity contribution in [3.8, 4) is 0 Å². The van der Waals surface area contributed by atoms with Gasteiger partial charge in [0.25, 0.3) is 0 Å². The molecule has 0 saturated heterocycles. The molecule has 1 N–H and O–H groups in total. The molecule has 3 heteroatoms. The molecule has 0 amide bonds. The minimum Gasteiger partial charge on any atom is -0.388 e. The van der Waals surface area contributed by atoms with Crippen molar-refractivity contribution in [3.05, 3.63) is 58.6 Å². The van der Waals surface area contributed by atoms with E-state index >= 15 is 0 Å². The molecule has 0 spiro atoms. The highest BCUT2D eigenvalue weighted by Crippen LogP contribution is 2.30. The molecule has 0 aromatic heterocycles. The molecule has 1 atom stereocenters. The first kappa shape index (κ1) is 13.7. The number of benzene rings is 2. The van der Waals surface area contributed by atoms with Gasteiger partial charge in [-0.15, -0.1) is 0 Å². The monoisotopic (exact) mass is 322 g/mol. The molecule has 0 aliphatic rings. The normalized spacial score (nSPS) is 12.4. The van der Waals surface area contributed by atoms with E-state index in [1.165, 1.54) is 9.79 Å². The Labute approximate surface area is 120 Å². The van der Waals surface area contributed by atoms with Gasteiger partial charge in [-0.05, 0) is 42.3 Å². The Bertz CT molecular complexity index is 510. The van der Waals surface area contributed by atoms with Gasteiger partial charge in [0, 0.05) is 14.3 Å². The van der Waals surface area contributed by atoms with Crippen molar-refractivity contribution in [2.75, 3.05) is 0 Å². The fourth-order valence-corrected chi connectivity index (χ4v) is 3.09. The molecule has 0 aliphatic carbocycles. The first-order chi connectivity index (χ1) is 8.69. The van der Waals surface area contributed by atoms with Crippen LogP contribution < -0.4 is 0 Å². The molecule has 18 heavy (non-hydrogen) atoms. The molecule has 1 unspecified atom stereocenters. The van der Waals surface area contributed by atoms with Gasteiger partial charge in [0.15, 0.2) is 0 Å². The van der Waals surface area contributed by atoms with Crippen LogP contribution in [0.25, 0.3) is 0 Å². The fourth-order valence-electron chi connectivity index (χ4n) is 1.66. The first-order valence-electron chi connectivity index (χ1n) is 5.90. The van der Waals surface area contributed by atoms with Crippen LogP contribution in [0.15, 0.2) is 62.8 Å². The number of hydrogen-bond acceptors (Lipinski definition) is 2. The largest absolute Gasteiger partial charge is 0.388 e. The maximum atomic E-state index is 9.73. The zero-order valence-electron chi connectivity index (χ0n) is 10.1. The standard InChI is InChI=1S/C15H15BrOS/c1-2-15(17)11-6-8-13(9-7-11)18-14-5-3-4-12(16)10-14/h3-10,15,17H,2H2,1H3. The summed E-state index contributed by atoms with van der Waals surface area (Å²) in [7, 11) is 0. The molecule has 2 aromatic rings. The summed E-state index contributed by atoms with van der Waals surface area (Å²) in [6, 6.07) is 16.3. The Morgan fingerprint density at radius 3 is 2.44 bits per heavy atom. The molecule has 2 aromatic carbocycles. The maximum Gasteiger partial charge on any atom is 0.0787 e. The first-order valence-corrected chi connectivity index (χ1v) is 7.51. The van der Waals surface area contributed by atoms with Gasteiger partial charge in [0.2, 0.25) is 0 Å². The van der Waals surface area contributed by atoms with Crippen LogP contribution in [0.3, 0.4) is 0 Å². The fraction of sp³-hybridized carbons (Fsp3) is 0.200. The zero-order chi connectivity index (χ0) is 13.0. The third-order valence-electron chi connectivity index (χ3n) is 2.68. The quantitative estimate of drug-likeness (QED) is 0.850. The summed E-state index contributed by atoms with van der Waals surface area (Å²) in [4.78, 5) is 2.38. The third kappa shape index (κ3) is 3.61. The number of aliphatic hydroxyl groups is 1. The van der Waals surface area contributed by atoms with Crippen LogP contribution in [-0.2, 0) is 0 Å². The van der Waals surface area contributed by atoms with Crippen LogP contribution >= 0.6 is 27.7 Å². The Hall–Kier alpha value is -0.770. The summed E-state index contributed by atoms with van der Waals surface area (Å²) in [6.07, 6.45) is 0.396. The second-order valence-electron chi connectivity index (χ2n) is 4.05. The van der Waals surface area contributed by atoms with Crippen LogP contribution in [0.2, 0.25) is 0 Å². The third-order valence-corrected chi connectivity index (χ3v) is 4.17. The van der Waals surface area contributed by atoms with Gasteiger partial charge in [-0.1, -0.05) is 52.8 Å². The molecule has 2 rings (SSSR count). The topological polar surface area (TPSA) is 20.2 Å². The lowest BCUT2D eigenvalue weighted by molar-refractivity contribution is 0.173. The summed E-state index contributed by atoms with van der Waals surface area (Å²) in [5.41, 5.74) is 0.982. The Morgan fingerprint density at radius 2 is 1.83 bits per heavy atom. The highest BCUT2D eigenvalue weighted by atomic mass is 79.9. The van der Waals surface area contributed by atoms with Crippen LogP contribution in [0.5, 0.6) is 0 Å². The lowest BCUT2D eigenvalue weighted by atomic mass is 10.1. The van der Waals surface area contributed by atoms with Crippen molar-refractivity contribution in [3.63, 3.8) is 0 Å². The summed E-state index contributed by atoms with van der Waals surface area (Å²) in [5, 5.41) is 9.73. The van der Waals surface area contributed by atoms with Crippen LogP contribution in [0, 0.1) is 0 Å². The van der Waals surface area contributed by atoms with E-state index < -0.39 is 0 Å². The summed E-state index contributed by atoms with van der Waals surface area (Å²) >= 11 is 5.19. The Balaban J connectivity index is 2.11. The minimum atomic E-state index is -0.352. The van der Waals surface area contributed by atoms with E-state index in [4.69, 9.17) is 0 Å². The number of aliphatic hydroxyl groups excluding tert-OH is 1. The lowest BCUT2D eigenvalue weighted by Crippen LogP contribution is -1.93. The van der Waals surface area contributed by atoms with Gasteiger partial charge in [0.1, 0.15) is 0 Å². The average molecular weight is 323 g/mol. The minimum absolute atomic E-state index is 0.352. The lowest BCUT2D eigenvalue weighted by Gasteiger charge is -2.08. The van der Waals surface area contributed by atoms with E-state index in [-0.39, 0.29) is 6.10 Å². The van der Waals surface area contributed by atoms with Crippen molar-refractivity contribution in [2.45, 2.75) is 29.2 Å². The van der Waals surface area contributed by atoms with Gasteiger partial charge >= 0.3 is 0 Å². The van der Waals surface area contributed by atoms with E-state index in [9.17, 15) is 5.11 Å². The van der Waals surface area contributed by atoms with Gasteiger partial charge in [-0.2, -0.15) is 0 Å². The number of rotatable bonds is 4. The highest BCUT2D eigenvalue weighted by molar-refractivity contribution is 9.10. The average Bonchev–Trinajstić information content (AvgIpc) is 2.39. The molecule has 1 nitrogen and oxygen atoms in total. The second-order valence-corrected chi connectivity index (χ2v) is 6.12. The van der Waals surface area contributed by atoms with E-state index in [0.717, 1.165) is 16.5 Å². The van der Waals surface area contributed by atoms with E-state index in [1.807, 2.05) is 31.2 Å². The Morgan fingerprint density at radius 1 is 1.11 bits per heavy atom. The summed E-state index contributed by atoms with van der Waals surface area (Å²) in [6.45, 7) is 1.98. The van der Waals surface area contributed by atoms with Crippen LogP contribution in [-0.4, -0.2) is 5.11 Å². The summed E-state index contributed by atoms with van der Waals surface area (Å²) in [5.74, 6) is 0. The number of halogens is 1. The molecule has 94 valence electrons. The molecule has 0 bridgehead atoms. The predicted octanol–water partition coefficient (Wildman–Crippen LogP) is 5.04. The van der Waals surface area contributed by atoms with Gasteiger partial charge in [-0.3, -0.25) is 0 Å². The van der Waals surface area contributed by atoms with Crippen molar-refractivity contribution >= 4 is 27.7 Å². The maximum absolute atomic E-state index is 9.73. The SMILES string of the molecule is CCC(O)c1ccc(Sc2cccc(Br)c2)cc1. The summed E-state index contributed by atoms with van der Waals surface area (Å²) < 4.78 is 1.09. The highest BCUT2D eigenvalue weighted by Gasteiger charge is 2.04. The van der Waals surface area contributed by atoms with E-state index in [0.29, 0.717) is 0 Å². The molecule has 0 aliphatic heterocycles. The van der Waals surface area contributed by atoms with Crippen molar-refractivity contribution in [1.29, 1.82) is 0 Å². The molecule has 0 fully saturated rings. The molecular weight excluding hydrogens is 308 g/mol.